The molecule has 1 aliphatic carbocycles. The highest BCUT2D eigenvalue weighted by molar-refractivity contribution is 5.78. The normalized spacial score (nSPS) is 28.1. The van der Waals surface area contributed by atoms with E-state index < -0.39 is 11.6 Å². The van der Waals surface area contributed by atoms with Crippen molar-refractivity contribution in [2.24, 2.45) is 16.1 Å². The molecule has 2 rings (SSSR count). The molecule has 0 radical (unpaired) electrons. The van der Waals surface area contributed by atoms with E-state index in [9.17, 15) is 13.2 Å². The van der Waals surface area contributed by atoms with Crippen LogP contribution < -0.4 is 5.73 Å². The molecular formula is C12H20F3N3O. The van der Waals surface area contributed by atoms with Gasteiger partial charge in [-0.05, 0) is 19.8 Å². The summed E-state index contributed by atoms with van der Waals surface area (Å²) in [4.78, 5) is 5.78. The van der Waals surface area contributed by atoms with Crippen molar-refractivity contribution >= 4 is 5.96 Å². The first kappa shape index (κ1) is 14.4. The van der Waals surface area contributed by atoms with Crippen LogP contribution in [-0.4, -0.2) is 49.4 Å². The number of guanidine groups is 1. The van der Waals surface area contributed by atoms with Crippen LogP contribution in [0.1, 0.15) is 26.2 Å². The third-order valence-corrected chi connectivity index (χ3v) is 4.02. The van der Waals surface area contributed by atoms with Crippen LogP contribution >= 0.6 is 0 Å². The van der Waals surface area contributed by atoms with Crippen molar-refractivity contribution in [3.8, 4) is 0 Å². The topological polar surface area (TPSA) is 50.8 Å². The quantitative estimate of drug-likeness (QED) is 0.619. The van der Waals surface area contributed by atoms with Gasteiger partial charge < -0.3 is 15.4 Å². The Hall–Kier alpha value is -0.980. The summed E-state index contributed by atoms with van der Waals surface area (Å²) in [6, 6.07) is 0. The molecule has 1 aliphatic heterocycles. The third kappa shape index (κ3) is 2.96. The minimum Gasteiger partial charge on any atom is -0.375 e. The smallest absolute Gasteiger partial charge is 0.375 e. The second-order valence-corrected chi connectivity index (χ2v) is 5.43. The average molecular weight is 279 g/mol. The maximum Gasteiger partial charge on any atom is 0.396 e. The Kier molecular flexibility index (Phi) is 3.94. The number of aliphatic imine (C=N–C) groups is 1. The summed E-state index contributed by atoms with van der Waals surface area (Å²) >= 11 is 0. The van der Waals surface area contributed by atoms with E-state index in [1.165, 1.54) is 0 Å². The molecule has 0 spiro atoms. The van der Waals surface area contributed by atoms with Crippen molar-refractivity contribution in [1.29, 1.82) is 0 Å². The van der Waals surface area contributed by atoms with Gasteiger partial charge in [0.05, 0.1) is 24.7 Å². The van der Waals surface area contributed by atoms with Crippen molar-refractivity contribution in [2.75, 3.05) is 26.2 Å². The number of nitrogens with two attached hydrogens (primary N) is 1. The van der Waals surface area contributed by atoms with E-state index in [1.54, 1.807) is 4.90 Å². The number of halogens is 3. The standard InChI is InChI=1S/C12H20F3N3O/c1-9-7-18(5-6-19-9)10(16)17-8-11(3-2-4-11)12(13,14)15/h9H,2-8H2,1H3,(H2,16,17). The van der Waals surface area contributed by atoms with Gasteiger partial charge in [-0.2, -0.15) is 13.2 Å². The minimum atomic E-state index is -4.19. The molecule has 1 heterocycles. The average Bonchev–Trinajstić information content (AvgIpc) is 2.25. The van der Waals surface area contributed by atoms with Crippen LogP contribution in [0.2, 0.25) is 0 Å². The van der Waals surface area contributed by atoms with Crippen LogP contribution in [0.4, 0.5) is 13.2 Å². The van der Waals surface area contributed by atoms with Crippen LogP contribution in [0.3, 0.4) is 0 Å². The van der Waals surface area contributed by atoms with Gasteiger partial charge in [-0.15, -0.1) is 0 Å². The van der Waals surface area contributed by atoms with E-state index >= 15 is 0 Å². The molecule has 19 heavy (non-hydrogen) atoms. The molecular weight excluding hydrogens is 259 g/mol. The number of rotatable bonds is 2. The van der Waals surface area contributed by atoms with E-state index in [0.29, 0.717) is 26.1 Å². The van der Waals surface area contributed by atoms with Crippen molar-refractivity contribution in [3.63, 3.8) is 0 Å². The zero-order chi connectivity index (χ0) is 14.1. The van der Waals surface area contributed by atoms with E-state index in [4.69, 9.17) is 10.5 Å². The summed E-state index contributed by atoms with van der Waals surface area (Å²) in [5.41, 5.74) is 4.15. The molecule has 2 fully saturated rings. The maximum absolute atomic E-state index is 13.0. The van der Waals surface area contributed by atoms with Crippen molar-refractivity contribution in [2.45, 2.75) is 38.5 Å². The van der Waals surface area contributed by atoms with Gasteiger partial charge >= 0.3 is 6.18 Å². The summed E-state index contributed by atoms with van der Waals surface area (Å²) < 4.78 is 44.3. The molecule has 0 aromatic rings. The number of morpholine rings is 1. The number of ether oxygens (including phenoxy) is 1. The molecule has 0 aromatic heterocycles. The zero-order valence-electron chi connectivity index (χ0n) is 11.0. The van der Waals surface area contributed by atoms with Gasteiger partial charge in [0, 0.05) is 13.1 Å². The molecule has 4 nitrogen and oxygen atoms in total. The first-order valence-corrected chi connectivity index (χ1v) is 6.57. The summed E-state index contributed by atoms with van der Waals surface area (Å²) in [5, 5.41) is 0. The molecule has 0 aromatic carbocycles. The summed E-state index contributed by atoms with van der Waals surface area (Å²) in [5.74, 6) is 0.200. The lowest BCUT2D eigenvalue weighted by Gasteiger charge is -2.42. The van der Waals surface area contributed by atoms with Crippen LogP contribution in [0.25, 0.3) is 0 Å². The largest absolute Gasteiger partial charge is 0.396 e. The molecule has 0 bridgehead atoms. The maximum atomic E-state index is 13.0. The molecule has 1 atom stereocenters. The molecule has 0 amide bonds. The second-order valence-electron chi connectivity index (χ2n) is 5.43. The van der Waals surface area contributed by atoms with E-state index in [1.807, 2.05) is 6.92 Å². The van der Waals surface area contributed by atoms with Crippen molar-refractivity contribution < 1.29 is 17.9 Å². The summed E-state index contributed by atoms with van der Waals surface area (Å²) in [6.07, 6.45) is -3.22. The first-order valence-electron chi connectivity index (χ1n) is 6.57. The van der Waals surface area contributed by atoms with E-state index in [2.05, 4.69) is 4.99 Å². The molecule has 1 unspecified atom stereocenters. The zero-order valence-corrected chi connectivity index (χ0v) is 11.0. The lowest BCUT2D eigenvalue weighted by molar-refractivity contribution is -0.246. The number of alkyl halides is 3. The van der Waals surface area contributed by atoms with Crippen LogP contribution in [0.5, 0.6) is 0 Å². The summed E-state index contributed by atoms with van der Waals surface area (Å²) in [7, 11) is 0. The van der Waals surface area contributed by atoms with Gasteiger partial charge in [0.2, 0.25) is 0 Å². The SMILES string of the molecule is CC1CN(C(N)=NCC2(C(F)(F)F)CCC2)CCO1. The minimum absolute atomic E-state index is 0.0304. The summed E-state index contributed by atoms with van der Waals surface area (Å²) in [6.45, 7) is 3.34. The van der Waals surface area contributed by atoms with Gasteiger partial charge in [0.1, 0.15) is 0 Å². The monoisotopic (exact) mass is 279 g/mol. The fraction of sp³-hybridized carbons (Fsp3) is 0.917. The number of hydrogen-bond acceptors (Lipinski definition) is 2. The van der Waals surface area contributed by atoms with Crippen molar-refractivity contribution in [1.82, 2.24) is 4.90 Å². The number of nitrogens with zero attached hydrogens (tertiary/aromatic N) is 2. The fourth-order valence-electron chi connectivity index (χ4n) is 2.49. The Morgan fingerprint density at radius 1 is 1.47 bits per heavy atom. The Morgan fingerprint density at radius 3 is 2.63 bits per heavy atom. The van der Waals surface area contributed by atoms with Gasteiger partial charge in [0.15, 0.2) is 5.96 Å². The van der Waals surface area contributed by atoms with Gasteiger partial charge in [-0.3, -0.25) is 4.99 Å². The first-order chi connectivity index (χ1) is 8.84. The highest BCUT2D eigenvalue weighted by Gasteiger charge is 2.58. The molecule has 2 N–H and O–H groups in total. The second kappa shape index (κ2) is 5.19. The molecule has 2 aliphatic rings. The predicted molar refractivity (Wildman–Crippen MR) is 65.8 cm³/mol. The van der Waals surface area contributed by atoms with Crippen LogP contribution in [0, 0.1) is 5.41 Å². The van der Waals surface area contributed by atoms with E-state index in [0.717, 1.165) is 0 Å². The van der Waals surface area contributed by atoms with E-state index in [-0.39, 0.29) is 31.4 Å². The molecule has 1 saturated carbocycles. The predicted octanol–water partition coefficient (Wildman–Crippen LogP) is 1.75. The van der Waals surface area contributed by atoms with Crippen LogP contribution in [-0.2, 0) is 4.74 Å². The highest BCUT2D eigenvalue weighted by atomic mass is 19.4. The Morgan fingerprint density at radius 2 is 2.16 bits per heavy atom. The Labute approximate surface area is 110 Å². The number of hydrogen-bond donors (Lipinski definition) is 1. The molecule has 7 heteroatoms. The van der Waals surface area contributed by atoms with Crippen molar-refractivity contribution in [3.05, 3.63) is 0 Å². The fourth-order valence-corrected chi connectivity index (χ4v) is 2.49. The van der Waals surface area contributed by atoms with Crippen LogP contribution in [0.15, 0.2) is 4.99 Å². The molecule has 110 valence electrons. The Balaban J connectivity index is 1.97. The highest BCUT2D eigenvalue weighted by Crippen LogP contribution is 2.53. The molecule has 1 saturated heterocycles. The van der Waals surface area contributed by atoms with Gasteiger partial charge in [0.25, 0.3) is 0 Å². The van der Waals surface area contributed by atoms with Gasteiger partial charge in [-0.1, -0.05) is 6.42 Å². The lowest BCUT2D eigenvalue weighted by Crippen LogP contribution is -2.50. The lowest BCUT2D eigenvalue weighted by atomic mass is 9.68. The Bertz CT molecular complexity index is 353. The van der Waals surface area contributed by atoms with Gasteiger partial charge in [-0.25, -0.2) is 0 Å². The third-order valence-electron chi connectivity index (χ3n) is 4.02.